The first-order chi connectivity index (χ1) is 8.83. The Balaban J connectivity index is 1.97. The van der Waals surface area contributed by atoms with E-state index in [1.807, 2.05) is 0 Å². The van der Waals surface area contributed by atoms with E-state index in [1.165, 1.54) is 49.0 Å². The summed E-state index contributed by atoms with van der Waals surface area (Å²) in [5.41, 5.74) is 4.32. The van der Waals surface area contributed by atoms with Crippen molar-refractivity contribution in [3.05, 3.63) is 29.8 Å². The minimum Gasteiger partial charge on any atom is -0.271 e. The highest BCUT2D eigenvalue weighted by atomic mass is 32.2. The van der Waals surface area contributed by atoms with Gasteiger partial charge in [0.1, 0.15) is 0 Å². The van der Waals surface area contributed by atoms with E-state index in [1.54, 1.807) is 11.8 Å². The van der Waals surface area contributed by atoms with Crippen molar-refractivity contribution in [2.24, 2.45) is 11.8 Å². The lowest BCUT2D eigenvalue weighted by molar-refractivity contribution is 0.301. The third-order valence-electron chi connectivity index (χ3n) is 4.01. The topological polar surface area (TPSA) is 38.0 Å². The van der Waals surface area contributed by atoms with Crippen molar-refractivity contribution in [1.29, 1.82) is 0 Å². The molecule has 1 fully saturated rings. The Morgan fingerprint density at radius 3 is 2.44 bits per heavy atom. The van der Waals surface area contributed by atoms with Crippen molar-refractivity contribution in [3.63, 3.8) is 0 Å². The van der Waals surface area contributed by atoms with Crippen LogP contribution in [0.15, 0.2) is 29.2 Å². The van der Waals surface area contributed by atoms with Crippen LogP contribution in [-0.2, 0) is 0 Å². The predicted octanol–water partition coefficient (Wildman–Crippen LogP) is 3.88. The van der Waals surface area contributed by atoms with Gasteiger partial charge < -0.3 is 0 Å². The second-order valence-corrected chi connectivity index (χ2v) is 6.11. The Kier molecular flexibility index (Phi) is 5.54. The van der Waals surface area contributed by atoms with Gasteiger partial charge in [0.2, 0.25) is 0 Å². The molecule has 1 aromatic carbocycles. The lowest BCUT2D eigenvalue weighted by Gasteiger charge is -2.26. The molecule has 3 heteroatoms. The van der Waals surface area contributed by atoms with E-state index >= 15 is 0 Å². The molecule has 0 bridgehead atoms. The number of rotatable bonds is 5. The van der Waals surface area contributed by atoms with Gasteiger partial charge in [-0.2, -0.15) is 0 Å². The number of hydrazine groups is 1. The zero-order valence-electron chi connectivity index (χ0n) is 11.2. The summed E-state index contributed by atoms with van der Waals surface area (Å²) in [7, 11) is 0. The summed E-state index contributed by atoms with van der Waals surface area (Å²) in [6.07, 6.45) is 10.2. The maximum Gasteiger partial charge on any atom is 0.0462 e. The number of thioether (sulfide) groups is 1. The van der Waals surface area contributed by atoms with E-state index < -0.39 is 0 Å². The van der Waals surface area contributed by atoms with E-state index in [0.717, 1.165) is 5.92 Å². The maximum absolute atomic E-state index is 5.74. The van der Waals surface area contributed by atoms with Crippen molar-refractivity contribution in [2.75, 3.05) is 6.26 Å². The van der Waals surface area contributed by atoms with Crippen molar-refractivity contribution in [2.45, 2.75) is 49.5 Å². The summed E-state index contributed by atoms with van der Waals surface area (Å²) in [6.45, 7) is 0. The summed E-state index contributed by atoms with van der Waals surface area (Å²) in [5.74, 6) is 6.58. The quantitative estimate of drug-likeness (QED) is 0.481. The van der Waals surface area contributed by atoms with Crippen LogP contribution in [-0.4, -0.2) is 6.26 Å². The van der Waals surface area contributed by atoms with Crippen LogP contribution in [0.5, 0.6) is 0 Å². The van der Waals surface area contributed by atoms with Crippen LogP contribution in [0, 0.1) is 5.92 Å². The summed E-state index contributed by atoms with van der Waals surface area (Å²) in [6, 6.07) is 9.10. The van der Waals surface area contributed by atoms with Crippen LogP contribution >= 0.6 is 11.8 Å². The predicted molar refractivity (Wildman–Crippen MR) is 79.5 cm³/mol. The van der Waals surface area contributed by atoms with E-state index in [-0.39, 0.29) is 0 Å². The zero-order valence-corrected chi connectivity index (χ0v) is 12.0. The molecule has 0 heterocycles. The molecule has 18 heavy (non-hydrogen) atoms. The van der Waals surface area contributed by atoms with Gasteiger partial charge in [0.15, 0.2) is 0 Å². The fourth-order valence-corrected chi connectivity index (χ4v) is 3.30. The molecule has 2 rings (SSSR count). The Morgan fingerprint density at radius 2 is 1.89 bits per heavy atom. The monoisotopic (exact) mass is 264 g/mol. The van der Waals surface area contributed by atoms with Gasteiger partial charge in [-0.1, -0.05) is 44.2 Å². The number of nitrogens with two attached hydrogens (primary N) is 1. The van der Waals surface area contributed by atoms with Crippen molar-refractivity contribution >= 4 is 11.8 Å². The van der Waals surface area contributed by atoms with E-state index in [9.17, 15) is 0 Å². The lowest BCUT2D eigenvalue weighted by atomic mass is 9.83. The Bertz CT molecular complexity index is 344. The third kappa shape index (κ3) is 3.74. The molecule has 0 radical (unpaired) electrons. The average molecular weight is 264 g/mol. The van der Waals surface area contributed by atoms with E-state index in [0.29, 0.717) is 6.04 Å². The molecular formula is C15H24N2S. The fraction of sp³-hybridized carbons (Fsp3) is 0.600. The standard InChI is InChI=1S/C15H24N2S/c1-18-14-9-7-13(8-10-14)15(17-16)11-12-5-3-2-4-6-12/h7-10,12,15,17H,2-6,11,16H2,1H3. The van der Waals surface area contributed by atoms with Gasteiger partial charge in [0, 0.05) is 10.9 Å². The molecule has 0 aromatic heterocycles. The first-order valence-corrected chi connectivity index (χ1v) is 8.16. The van der Waals surface area contributed by atoms with Crippen LogP contribution in [0.25, 0.3) is 0 Å². The average Bonchev–Trinajstić information content (AvgIpc) is 2.46. The second-order valence-electron chi connectivity index (χ2n) is 5.23. The molecule has 1 aliphatic rings. The molecule has 0 spiro atoms. The van der Waals surface area contributed by atoms with Gasteiger partial charge in [-0.15, -0.1) is 11.8 Å². The Labute approximate surface area is 115 Å². The van der Waals surface area contributed by atoms with E-state index in [2.05, 4.69) is 35.9 Å². The molecule has 0 saturated heterocycles. The molecule has 3 N–H and O–H groups in total. The molecule has 2 nitrogen and oxygen atoms in total. The molecule has 100 valence electrons. The number of hydrogen-bond donors (Lipinski definition) is 2. The zero-order chi connectivity index (χ0) is 12.8. The minimum atomic E-state index is 0.309. The molecule has 0 amide bonds. The van der Waals surface area contributed by atoms with Crippen molar-refractivity contribution in [3.8, 4) is 0 Å². The summed E-state index contributed by atoms with van der Waals surface area (Å²) < 4.78 is 0. The molecule has 0 aliphatic heterocycles. The molecular weight excluding hydrogens is 240 g/mol. The molecule has 1 atom stereocenters. The van der Waals surface area contributed by atoms with Gasteiger partial charge >= 0.3 is 0 Å². The van der Waals surface area contributed by atoms with Gasteiger partial charge in [-0.25, -0.2) is 0 Å². The molecule has 1 unspecified atom stereocenters. The summed E-state index contributed by atoms with van der Waals surface area (Å²) in [4.78, 5) is 1.31. The largest absolute Gasteiger partial charge is 0.271 e. The smallest absolute Gasteiger partial charge is 0.0462 e. The third-order valence-corrected chi connectivity index (χ3v) is 4.76. The Morgan fingerprint density at radius 1 is 1.22 bits per heavy atom. The Hall–Kier alpha value is -0.510. The van der Waals surface area contributed by atoms with Crippen molar-refractivity contribution in [1.82, 2.24) is 5.43 Å². The van der Waals surface area contributed by atoms with Crippen LogP contribution in [0.1, 0.15) is 50.1 Å². The van der Waals surface area contributed by atoms with Gasteiger partial charge in [-0.05, 0) is 36.3 Å². The highest BCUT2D eigenvalue weighted by molar-refractivity contribution is 7.98. The summed E-state index contributed by atoms with van der Waals surface area (Å²) >= 11 is 1.78. The number of nitrogens with one attached hydrogen (secondary N) is 1. The molecule has 1 aromatic rings. The lowest BCUT2D eigenvalue weighted by Crippen LogP contribution is -2.30. The highest BCUT2D eigenvalue weighted by Gasteiger charge is 2.19. The molecule has 1 aliphatic carbocycles. The van der Waals surface area contributed by atoms with Crippen LogP contribution in [0.3, 0.4) is 0 Å². The number of benzene rings is 1. The second kappa shape index (κ2) is 7.17. The maximum atomic E-state index is 5.74. The van der Waals surface area contributed by atoms with Gasteiger partial charge in [0.25, 0.3) is 0 Å². The highest BCUT2D eigenvalue weighted by Crippen LogP contribution is 2.32. The van der Waals surface area contributed by atoms with Crippen LogP contribution < -0.4 is 11.3 Å². The minimum absolute atomic E-state index is 0.309. The number of hydrogen-bond acceptors (Lipinski definition) is 3. The summed E-state index contributed by atoms with van der Waals surface area (Å²) in [5, 5.41) is 0. The van der Waals surface area contributed by atoms with Gasteiger partial charge in [0.05, 0.1) is 0 Å². The first kappa shape index (κ1) is 13.9. The first-order valence-electron chi connectivity index (χ1n) is 6.93. The van der Waals surface area contributed by atoms with Gasteiger partial charge in [-0.3, -0.25) is 11.3 Å². The van der Waals surface area contributed by atoms with E-state index in [4.69, 9.17) is 5.84 Å². The van der Waals surface area contributed by atoms with Crippen LogP contribution in [0.2, 0.25) is 0 Å². The fourth-order valence-electron chi connectivity index (χ4n) is 2.89. The normalized spacial score (nSPS) is 18.8. The molecule has 1 saturated carbocycles. The van der Waals surface area contributed by atoms with Crippen LogP contribution in [0.4, 0.5) is 0 Å². The van der Waals surface area contributed by atoms with Crippen molar-refractivity contribution < 1.29 is 0 Å². The SMILES string of the molecule is CSc1ccc(C(CC2CCCCC2)NN)cc1.